The Balaban J connectivity index is 1.50. The van der Waals surface area contributed by atoms with E-state index < -0.39 is 5.82 Å². The minimum atomic E-state index is -0.444. The second-order valence-electron chi connectivity index (χ2n) is 6.22. The molecule has 9 heteroatoms. The van der Waals surface area contributed by atoms with Crippen LogP contribution in [0.4, 0.5) is 4.39 Å². The molecule has 1 aliphatic rings. The minimum absolute atomic E-state index is 0.0309. The summed E-state index contributed by atoms with van der Waals surface area (Å²) in [6.45, 7) is 4.60. The fourth-order valence-electron chi connectivity index (χ4n) is 2.64. The summed E-state index contributed by atoms with van der Waals surface area (Å²) in [5.74, 6) is 0.0309. The highest BCUT2D eigenvalue weighted by Gasteiger charge is 2.19. The number of morpholine rings is 1. The van der Waals surface area contributed by atoms with Crippen LogP contribution in [0.5, 0.6) is 5.75 Å². The standard InChI is InChI=1S/C18H21ClFN3O4/c1-22(4-5-23-6-8-25-9-7-23)18(24)16-11-14(27-21-16)12-26-17-3-2-13(20)10-15(17)19/h2-3,10-11H,4-9,12H2,1H3. The molecular weight excluding hydrogens is 377 g/mol. The van der Waals surface area contributed by atoms with E-state index >= 15 is 0 Å². The number of carbonyl (C=O) groups is 1. The van der Waals surface area contributed by atoms with Crippen molar-refractivity contribution in [3.8, 4) is 5.75 Å². The Bertz CT molecular complexity index is 780. The van der Waals surface area contributed by atoms with Crippen molar-refractivity contribution in [3.63, 3.8) is 0 Å². The number of aromatic nitrogens is 1. The van der Waals surface area contributed by atoms with Crippen LogP contribution in [-0.4, -0.2) is 67.3 Å². The predicted molar refractivity (Wildman–Crippen MR) is 96.5 cm³/mol. The third kappa shape index (κ3) is 5.41. The Morgan fingerprint density at radius 2 is 2.15 bits per heavy atom. The zero-order chi connectivity index (χ0) is 19.2. The molecule has 1 aliphatic heterocycles. The van der Waals surface area contributed by atoms with E-state index in [0.717, 1.165) is 38.9 Å². The van der Waals surface area contributed by atoms with Gasteiger partial charge in [-0.2, -0.15) is 0 Å². The number of carbonyl (C=O) groups excluding carboxylic acids is 1. The summed E-state index contributed by atoms with van der Waals surface area (Å²) in [6, 6.07) is 5.38. The fourth-order valence-corrected chi connectivity index (χ4v) is 2.86. The van der Waals surface area contributed by atoms with Gasteiger partial charge in [-0.05, 0) is 18.2 Å². The van der Waals surface area contributed by atoms with Crippen molar-refractivity contribution in [2.45, 2.75) is 6.61 Å². The summed E-state index contributed by atoms with van der Waals surface area (Å²) < 4.78 is 29.0. The second kappa shape index (κ2) is 9.16. The Hall–Kier alpha value is -2.16. The molecule has 1 fully saturated rings. The molecule has 1 amide bonds. The Kier molecular flexibility index (Phi) is 6.65. The van der Waals surface area contributed by atoms with Crippen LogP contribution in [0.25, 0.3) is 0 Å². The highest BCUT2D eigenvalue weighted by atomic mass is 35.5. The van der Waals surface area contributed by atoms with Crippen LogP contribution in [-0.2, 0) is 11.3 Å². The SMILES string of the molecule is CN(CCN1CCOCC1)C(=O)c1cc(COc2ccc(F)cc2Cl)on1. The molecule has 7 nitrogen and oxygen atoms in total. The van der Waals surface area contributed by atoms with Gasteiger partial charge in [-0.25, -0.2) is 4.39 Å². The van der Waals surface area contributed by atoms with Crippen LogP contribution in [0.3, 0.4) is 0 Å². The molecule has 0 radical (unpaired) electrons. The molecule has 0 spiro atoms. The van der Waals surface area contributed by atoms with Crippen molar-refractivity contribution < 1.29 is 23.2 Å². The molecule has 0 bridgehead atoms. The number of halogens is 2. The number of hydrogen-bond acceptors (Lipinski definition) is 6. The quantitative estimate of drug-likeness (QED) is 0.715. The molecule has 146 valence electrons. The number of rotatable bonds is 7. The molecule has 1 aromatic heterocycles. The van der Waals surface area contributed by atoms with Crippen molar-refractivity contribution in [1.29, 1.82) is 0 Å². The lowest BCUT2D eigenvalue weighted by molar-refractivity contribution is 0.0337. The number of ether oxygens (including phenoxy) is 2. The number of amides is 1. The molecule has 1 aromatic carbocycles. The van der Waals surface area contributed by atoms with E-state index in [1.54, 1.807) is 11.9 Å². The van der Waals surface area contributed by atoms with Gasteiger partial charge >= 0.3 is 0 Å². The summed E-state index contributed by atoms with van der Waals surface area (Å²) in [7, 11) is 1.73. The predicted octanol–water partition coefficient (Wildman–Crippen LogP) is 2.45. The van der Waals surface area contributed by atoms with E-state index in [-0.39, 0.29) is 23.2 Å². The van der Waals surface area contributed by atoms with Gasteiger partial charge in [-0.15, -0.1) is 0 Å². The summed E-state index contributed by atoms with van der Waals surface area (Å²) in [5, 5.41) is 3.97. The first-order chi connectivity index (χ1) is 13.0. The van der Waals surface area contributed by atoms with Gasteiger partial charge in [-0.1, -0.05) is 16.8 Å². The Morgan fingerprint density at radius 3 is 2.89 bits per heavy atom. The van der Waals surface area contributed by atoms with E-state index in [1.165, 1.54) is 18.2 Å². The van der Waals surface area contributed by atoms with Gasteiger partial charge in [0.05, 0.1) is 18.2 Å². The first-order valence-electron chi connectivity index (χ1n) is 8.62. The van der Waals surface area contributed by atoms with Crippen LogP contribution in [0.15, 0.2) is 28.8 Å². The third-order valence-electron chi connectivity index (χ3n) is 4.24. The average molecular weight is 398 g/mol. The van der Waals surface area contributed by atoms with Gasteiger partial charge in [0.15, 0.2) is 11.5 Å². The van der Waals surface area contributed by atoms with Gasteiger partial charge < -0.3 is 18.9 Å². The molecule has 2 heterocycles. The monoisotopic (exact) mass is 397 g/mol. The van der Waals surface area contributed by atoms with Crippen molar-refractivity contribution >= 4 is 17.5 Å². The van der Waals surface area contributed by atoms with Crippen LogP contribution >= 0.6 is 11.6 Å². The molecule has 0 N–H and O–H groups in total. The first-order valence-corrected chi connectivity index (χ1v) is 9.00. The summed E-state index contributed by atoms with van der Waals surface area (Å²) in [5.41, 5.74) is 0.211. The average Bonchev–Trinajstić information content (AvgIpc) is 3.14. The first kappa shape index (κ1) is 19.6. The number of benzene rings is 1. The topological polar surface area (TPSA) is 68.0 Å². The minimum Gasteiger partial charge on any atom is -0.484 e. The molecule has 27 heavy (non-hydrogen) atoms. The van der Waals surface area contributed by atoms with E-state index in [9.17, 15) is 9.18 Å². The lowest BCUT2D eigenvalue weighted by Crippen LogP contribution is -2.42. The lowest BCUT2D eigenvalue weighted by atomic mass is 10.3. The number of hydrogen-bond donors (Lipinski definition) is 0. The van der Waals surface area contributed by atoms with E-state index in [4.69, 9.17) is 25.6 Å². The summed E-state index contributed by atoms with van der Waals surface area (Å²) in [4.78, 5) is 16.3. The maximum Gasteiger partial charge on any atom is 0.275 e. The Labute approximate surface area is 161 Å². The summed E-state index contributed by atoms with van der Waals surface area (Å²) >= 11 is 5.91. The molecule has 0 atom stereocenters. The largest absolute Gasteiger partial charge is 0.484 e. The summed E-state index contributed by atoms with van der Waals surface area (Å²) in [6.07, 6.45) is 0. The van der Waals surface area contributed by atoms with Gasteiger partial charge in [-0.3, -0.25) is 9.69 Å². The van der Waals surface area contributed by atoms with E-state index in [2.05, 4.69) is 10.1 Å². The van der Waals surface area contributed by atoms with Crippen molar-refractivity contribution in [3.05, 3.63) is 46.6 Å². The van der Waals surface area contributed by atoms with Crippen LogP contribution in [0.1, 0.15) is 16.2 Å². The van der Waals surface area contributed by atoms with Crippen molar-refractivity contribution in [2.75, 3.05) is 46.4 Å². The molecule has 1 saturated heterocycles. The number of nitrogens with zero attached hydrogens (tertiary/aromatic N) is 3. The second-order valence-corrected chi connectivity index (χ2v) is 6.63. The van der Waals surface area contributed by atoms with Crippen LogP contribution < -0.4 is 4.74 Å². The normalized spacial score (nSPS) is 14.9. The highest BCUT2D eigenvalue weighted by Crippen LogP contribution is 2.25. The zero-order valence-corrected chi connectivity index (χ0v) is 15.7. The third-order valence-corrected chi connectivity index (χ3v) is 4.54. The van der Waals surface area contributed by atoms with E-state index in [1.807, 2.05) is 0 Å². The van der Waals surface area contributed by atoms with Crippen LogP contribution in [0, 0.1) is 5.82 Å². The van der Waals surface area contributed by atoms with Gasteiger partial charge in [0, 0.05) is 39.3 Å². The van der Waals surface area contributed by atoms with Crippen molar-refractivity contribution in [2.24, 2.45) is 0 Å². The van der Waals surface area contributed by atoms with Crippen LogP contribution in [0.2, 0.25) is 5.02 Å². The van der Waals surface area contributed by atoms with Gasteiger partial charge in [0.25, 0.3) is 5.91 Å². The molecular formula is C18H21ClFN3O4. The van der Waals surface area contributed by atoms with Crippen molar-refractivity contribution in [1.82, 2.24) is 15.0 Å². The molecule has 3 rings (SSSR count). The zero-order valence-electron chi connectivity index (χ0n) is 15.0. The highest BCUT2D eigenvalue weighted by molar-refractivity contribution is 6.32. The van der Waals surface area contributed by atoms with Gasteiger partial charge in [0.1, 0.15) is 18.2 Å². The lowest BCUT2D eigenvalue weighted by Gasteiger charge is -2.28. The molecule has 2 aromatic rings. The molecule has 0 unspecified atom stereocenters. The molecule has 0 aliphatic carbocycles. The fraction of sp³-hybridized carbons (Fsp3) is 0.444. The van der Waals surface area contributed by atoms with E-state index in [0.29, 0.717) is 18.1 Å². The smallest absolute Gasteiger partial charge is 0.275 e. The Morgan fingerprint density at radius 1 is 1.37 bits per heavy atom. The maximum absolute atomic E-state index is 13.0. The number of likely N-dealkylation sites (N-methyl/N-ethyl adjacent to an activating group) is 1. The maximum atomic E-state index is 13.0. The van der Waals surface area contributed by atoms with Gasteiger partial charge in [0.2, 0.25) is 0 Å². The molecule has 0 saturated carbocycles.